The van der Waals surface area contributed by atoms with Crippen molar-refractivity contribution in [2.24, 2.45) is 0 Å². The first-order valence-electron chi connectivity index (χ1n) is 12.6. The summed E-state index contributed by atoms with van der Waals surface area (Å²) < 4.78 is 65.9. The first-order valence-corrected chi connectivity index (χ1v) is 14.4. The average molecular weight is 554 g/mol. The lowest BCUT2D eigenvalue weighted by Gasteiger charge is -2.33. The molecule has 1 aliphatic carbocycles. The van der Waals surface area contributed by atoms with Gasteiger partial charge in [-0.05, 0) is 49.9 Å². The molecule has 11 heteroatoms. The van der Waals surface area contributed by atoms with Crippen molar-refractivity contribution in [3.05, 3.63) is 65.2 Å². The van der Waals surface area contributed by atoms with Crippen LogP contribution in [0, 0.1) is 6.92 Å². The van der Waals surface area contributed by atoms with Crippen LogP contribution in [0.15, 0.2) is 48.5 Å². The van der Waals surface area contributed by atoms with Gasteiger partial charge in [-0.2, -0.15) is 13.2 Å². The quantitative estimate of drug-likeness (QED) is 0.464. The lowest BCUT2D eigenvalue weighted by molar-refractivity contribution is -0.140. The molecule has 38 heavy (non-hydrogen) atoms. The van der Waals surface area contributed by atoms with E-state index < -0.39 is 40.3 Å². The van der Waals surface area contributed by atoms with Crippen molar-refractivity contribution in [2.45, 2.75) is 70.8 Å². The second-order valence-corrected chi connectivity index (χ2v) is 11.6. The highest BCUT2D eigenvalue weighted by atomic mass is 32.2. The van der Waals surface area contributed by atoms with Crippen LogP contribution in [0.4, 0.5) is 18.9 Å². The Kier molecular flexibility index (Phi) is 9.45. The summed E-state index contributed by atoms with van der Waals surface area (Å²) in [7, 11) is -4.14. The van der Waals surface area contributed by atoms with Gasteiger partial charge < -0.3 is 10.2 Å². The zero-order valence-electron chi connectivity index (χ0n) is 21.8. The smallest absolute Gasteiger partial charge is 0.352 e. The van der Waals surface area contributed by atoms with E-state index in [2.05, 4.69) is 5.32 Å². The van der Waals surface area contributed by atoms with Gasteiger partial charge in [0, 0.05) is 12.6 Å². The number of halogens is 3. The minimum absolute atomic E-state index is 0.0190. The number of anilines is 1. The summed E-state index contributed by atoms with van der Waals surface area (Å²) in [5.41, 5.74) is 0.427. The van der Waals surface area contributed by atoms with Crippen molar-refractivity contribution in [3.63, 3.8) is 0 Å². The van der Waals surface area contributed by atoms with Gasteiger partial charge in [0.15, 0.2) is 0 Å². The predicted molar refractivity (Wildman–Crippen MR) is 140 cm³/mol. The second kappa shape index (κ2) is 12.2. The molecule has 0 radical (unpaired) electrons. The van der Waals surface area contributed by atoms with Gasteiger partial charge in [0.25, 0.3) is 0 Å². The monoisotopic (exact) mass is 553 g/mol. The van der Waals surface area contributed by atoms with Crippen LogP contribution in [0.5, 0.6) is 0 Å². The number of benzene rings is 2. The fourth-order valence-corrected chi connectivity index (χ4v) is 5.47. The molecule has 1 aliphatic rings. The van der Waals surface area contributed by atoms with E-state index in [-0.39, 0.29) is 30.6 Å². The van der Waals surface area contributed by atoms with Gasteiger partial charge in [-0.1, -0.05) is 55.7 Å². The van der Waals surface area contributed by atoms with Crippen molar-refractivity contribution >= 4 is 27.5 Å². The Morgan fingerprint density at radius 2 is 1.71 bits per heavy atom. The molecule has 2 aromatic carbocycles. The predicted octanol–water partition coefficient (Wildman–Crippen LogP) is 4.65. The highest BCUT2D eigenvalue weighted by Gasteiger charge is 2.35. The summed E-state index contributed by atoms with van der Waals surface area (Å²) in [5, 5.41) is 3.01. The summed E-state index contributed by atoms with van der Waals surface area (Å²) in [6.07, 6.45) is 0.138. The van der Waals surface area contributed by atoms with E-state index >= 15 is 0 Å². The Morgan fingerprint density at radius 3 is 2.26 bits per heavy atom. The fraction of sp³-hybridized carbons (Fsp3) is 0.481. The van der Waals surface area contributed by atoms with E-state index in [0.717, 1.165) is 55.2 Å². The summed E-state index contributed by atoms with van der Waals surface area (Å²) >= 11 is 0. The molecule has 0 saturated heterocycles. The van der Waals surface area contributed by atoms with Crippen molar-refractivity contribution in [2.75, 3.05) is 17.1 Å². The third kappa shape index (κ3) is 7.72. The zero-order chi connectivity index (χ0) is 28.1. The van der Waals surface area contributed by atoms with Crippen LogP contribution in [0.1, 0.15) is 55.7 Å². The molecule has 2 aromatic rings. The van der Waals surface area contributed by atoms with Crippen molar-refractivity contribution in [3.8, 4) is 0 Å². The van der Waals surface area contributed by atoms with Gasteiger partial charge in [0.2, 0.25) is 21.8 Å². The molecule has 1 saturated carbocycles. The molecule has 208 valence electrons. The highest BCUT2D eigenvalue weighted by molar-refractivity contribution is 7.92. The minimum atomic E-state index is -4.69. The molecule has 0 unspecified atom stereocenters. The fourth-order valence-electron chi connectivity index (χ4n) is 4.63. The van der Waals surface area contributed by atoms with Crippen LogP contribution in [0.2, 0.25) is 0 Å². The number of hydrogen-bond donors (Lipinski definition) is 1. The molecular weight excluding hydrogens is 519 g/mol. The van der Waals surface area contributed by atoms with Crippen molar-refractivity contribution in [1.29, 1.82) is 0 Å². The third-order valence-electron chi connectivity index (χ3n) is 6.70. The molecule has 0 spiro atoms. The van der Waals surface area contributed by atoms with Gasteiger partial charge in [0.05, 0.1) is 17.5 Å². The molecule has 1 atom stereocenters. The first-order chi connectivity index (χ1) is 17.8. The summed E-state index contributed by atoms with van der Waals surface area (Å²) in [4.78, 5) is 28.3. The Morgan fingerprint density at radius 1 is 1.08 bits per heavy atom. The number of rotatable bonds is 10. The largest absolute Gasteiger partial charge is 0.416 e. The van der Waals surface area contributed by atoms with Crippen LogP contribution in [-0.4, -0.2) is 50.0 Å². The molecule has 0 aliphatic heterocycles. The van der Waals surface area contributed by atoms with Crippen LogP contribution in [0.25, 0.3) is 0 Å². The Bertz CT molecular complexity index is 1230. The van der Waals surface area contributed by atoms with E-state index in [1.54, 1.807) is 6.92 Å². The van der Waals surface area contributed by atoms with E-state index in [1.807, 2.05) is 31.2 Å². The van der Waals surface area contributed by atoms with Crippen LogP contribution < -0.4 is 9.62 Å². The number of aryl methyl sites for hydroxylation is 1. The number of nitrogens with one attached hydrogen (secondary N) is 1. The summed E-state index contributed by atoms with van der Waals surface area (Å²) in [5.74, 6) is -1.02. The molecule has 0 bridgehead atoms. The standard InChI is InChI=1S/C27H34F3N3O4S/c1-4-24(26(35)31-22-9-5-6-10-22)32(17-20-14-12-19(2)13-15-20)25(34)18-33(38(3,36)37)23-11-7-8-21(16-23)27(28,29)30/h7-8,11-16,22,24H,4-6,9-10,17-18H2,1-3H3,(H,31,35)/t24-/m1/s1. The van der Waals surface area contributed by atoms with E-state index in [0.29, 0.717) is 10.4 Å². The SMILES string of the molecule is CC[C@H](C(=O)NC1CCCC1)N(Cc1ccc(C)cc1)C(=O)CN(c1cccc(C(F)(F)F)c1)S(C)(=O)=O. The third-order valence-corrected chi connectivity index (χ3v) is 7.84. The number of sulfonamides is 1. The molecular formula is C27H34F3N3O4S. The number of carbonyl (C=O) groups is 2. The van der Waals surface area contributed by atoms with Crippen LogP contribution in [-0.2, 0) is 32.3 Å². The van der Waals surface area contributed by atoms with E-state index in [4.69, 9.17) is 0 Å². The molecule has 0 aromatic heterocycles. The van der Waals surface area contributed by atoms with Crippen molar-refractivity contribution in [1.82, 2.24) is 10.2 Å². The lowest BCUT2D eigenvalue weighted by Crippen LogP contribution is -2.53. The topological polar surface area (TPSA) is 86.8 Å². The summed E-state index contributed by atoms with van der Waals surface area (Å²) in [6.45, 7) is 2.96. The number of amides is 2. The Balaban J connectivity index is 1.95. The maximum absolute atomic E-state index is 13.7. The highest BCUT2D eigenvalue weighted by Crippen LogP contribution is 2.32. The molecule has 3 rings (SSSR count). The normalized spacial score (nSPS) is 15.2. The molecule has 2 amide bonds. The molecule has 1 fully saturated rings. The van der Waals surface area contributed by atoms with Crippen LogP contribution in [0.3, 0.4) is 0 Å². The number of alkyl halides is 3. The van der Waals surface area contributed by atoms with Crippen molar-refractivity contribution < 1.29 is 31.2 Å². The van der Waals surface area contributed by atoms with Gasteiger partial charge >= 0.3 is 6.18 Å². The van der Waals surface area contributed by atoms with Gasteiger partial charge in [-0.3, -0.25) is 13.9 Å². The maximum atomic E-state index is 13.7. The van der Waals surface area contributed by atoms with E-state index in [1.165, 1.54) is 11.0 Å². The summed E-state index contributed by atoms with van der Waals surface area (Å²) in [6, 6.07) is 10.3. The molecule has 1 N–H and O–H groups in total. The van der Waals surface area contributed by atoms with Gasteiger partial charge in [-0.15, -0.1) is 0 Å². The van der Waals surface area contributed by atoms with Gasteiger partial charge in [-0.25, -0.2) is 8.42 Å². The number of hydrogen-bond acceptors (Lipinski definition) is 4. The van der Waals surface area contributed by atoms with E-state index in [9.17, 15) is 31.2 Å². The zero-order valence-corrected chi connectivity index (χ0v) is 22.6. The minimum Gasteiger partial charge on any atom is -0.352 e. The number of nitrogens with zero attached hydrogens (tertiary/aromatic N) is 2. The molecule has 7 nitrogen and oxygen atoms in total. The average Bonchev–Trinajstić information content (AvgIpc) is 3.35. The number of carbonyl (C=O) groups excluding carboxylic acids is 2. The molecule has 0 heterocycles. The first kappa shape index (κ1) is 29.5. The maximum Gasteiger partial charge on any atom is 0.416 e. The van der Waals surface area contributed by atoms with Gasteiger partial charge in [0.1, 0.15) is 12.6 Å². The Hall–Kier alpha value is -3.08. The second-order valence-electron chi connectivity index (χ2n) is 9.74. The van der Waals surface area contributed by atoms with Crippen LogP contribution >= 0.6 is 0 Å². The Labute approximate surface area is 222 Å². The lowest BCUT2D eigenvalue weighted by atomic mass is 10.1.